The van der Waals surface area contributed by atoms with Crippen molar-refractivity contribution in [3.8, 4) is 0 Å². The molecule has 4 nitrogen and oxygen atoms in total. The summed E-state index contributed by atoms with van der Waals surface area (Å²) in [4.78, 5) is 10.9. The molecule has 0 unspecified atom stereocenters. The predicted octanol–water partition coefficient (Wildman–Crippen LogP) is -0.643. The smallest absolute Gasteiger partial charge is 0.234 e. The number of carbonyl (C=O) groups is 1. The highest BCUT2D eigenvalue weighted by atomic mass is 16.5. The molecule has 0 spiro atoms. The number of hydrogen-bond acceptors (Lipinski definition) is 3. The van der Waals surface area contributed by atoms with E-state index in [0.717, 1.165) is 0 Å². The van der Waals surface area contributed by atoms with Crippen LogP contribution in [0.2, 0.25) is 0 Å². The monoisotopic (exact) mass is 160 g/mol. The Morgan fingerprint density at radius 3 is 2.73 bits per heavy atom. The molecule has 66 valence electrons. The molecular weight excluding hydrogens is 144 g/mol. The Balaban J connectivity index is 3.40. The largest absolute Gasteiger partial charge is 0.383 e. The van der Waals surface area contributed by atoms with E-state index in [0.29, 0.717) is 13.2 Å². The Hall–Kier alpha value is -0.610. The summed E-state index contributed by atoms with van der Waals surface area (Å²) in [5, 5.41) is 5.52. The van der Waals surface area contributed by atoms with Crippen LogP contribution in [-0.4, -0.2) is 39.3 Å². The van der Waals surface area contributed by atoms with Gasteiger partial charge in [0.05, 0.1) is 13.2 Å². The van der Waals surface area contributed by atoms with E-state index in [2.05, 4.69) is 10.6 Å². The van der Waals surface area contributed by atoms with Crippen molar-refractivity contribution in [2.24, 2.45) is 0 Å². The quantitative estimate of drug-likeness (QED) is 0.562. The number of nitrogens with one attached hydrogen (secondary N) is 2. The standard InChI is InChI=1S/C7H16N2O2/c1-6(5-11-3)9-7(10)4-8-2/h6,8H,4-5H2,1-3H3,(H,9,10)/t6-/m0/s1. The first kappa shape index (κ1) is 10.4. The maximum Gasteiger partial charge on any atom is 0.234 e. The van der Waals surface area contributed by atoms with Crippen LogP contribution < -0.4 is 10.6 Å². The van der Waals surface area contributed by atoms with Crippen LogP contribution in [0.1, 0.15) is 6.92 Å². The molecule has 0 bridgehead atoms. The highest BCUT2D eigenvalue weighted by Gasteiger charge is 2.04. The van der Waals surface area contributed by atoms with Crippen LogP contribution in [0, 0.1) is 0 Å². The Morgan fingerprint density at radius 1 is 1.64 bits per heavy atom. The maximum atomic E-state index is 10.9. The van der Waals surface area contributed by atoms with E-state index in [4.69, 9.17) is 4.74 Å². The molecular formula is C7H16N2O2. The Labute approximate surface area is 67.3 Å². The second kappa shape index (κ2) is 6.12. The first-order chi connectivity index (χ1) is 5.20. The fraction of sp³-hybridized carbons (Fsp3) is 0.857. The van der Waals surface area contributed by atoms with Crippen molar-refractivity contribution in [1.82, 2.24) is 10.6 Å². The highest BCUT2D eigenvalue weighted by molar-refractivity contribution is 5.78. The van der Waals surface area contributed by atoms with Gasteiger partial charge in [0.1, 0.15) is 0 Å². The number of amides is 1. The van der Waals surface area contributed by atoms with Crippen molar-refractivity contribution in [3.63, 3.8) is 0 Å². The molecule has 0 aromatic carbocycles. The van der Waals surface area contributed by atoms with Crippen molar-refractivity contribution in [2.45, 2.75) is 13.0 Å². The van der Waals surface area contributed by atoms with E-state index in [-0.39, 0.29) is 11.9 Å². The summed E-state index contributed by atoms with van der Waals surface area (Å²) in [6, 6.07) is 0.0841. The summed E-state index contributed by atoms with van der Waals surface area (Å²) >= 11 is 0. The first-order valence-electron chi connectivity index (χ1n) is 3.63. The molecule has 4 heteroatoms. The molecule has 0 aromatic rings. The van der Waals surface area contributed by atoms with Gasteiger partial charge in [-0.1, -0.05) is 0 Å². The molecule has 1 atom stereocenters. The van der Waals surface area contributed by atoms with Crippen LogP contribution >= 0.6 is 0 Å². The Morgan fingerprint density at radius 2 is 2.27 bits per heavy atom. The van der Waals surface area contributed by atoms with Gasteiger partial charge in [-0.3, -0.25) is 4.79 Å². The third-order valence-electron chi connectivity index (χ3n) is 1.16. The zero-order chi connectivity index (χ0) is 8.69. The number of likely N-dealkylation sites (N-methyl/N-ethyl adjacent to an activating group) is 1. The average Bonchev–Trinajstić information content (AvgIpc) is 1.87. The van der Waals surface area contributed by atoms with Gasteiger partial charge in [0.25, 0.3) is 0 Å². The van der Waals surface area contributed by atoms with Gasteiger partial charge < -0.3 is 15.4 Å². The lowest BCUT2D eigenvalue weighted by atomic mass is 10.3. The third-order valence-corrected chi connectivity index (χ3v) is 1.16. The first-order valence-corrected chi connectivity index (χ1v) is 3.63. The Kier molecular flexibility index (Phi) is 5.78. The van der Waals surface area contributed by atoms with Crippen LogP contribution in [0.25, 0.3) is 0 Å². The van der Waals surface area contributed by atoms with Gasteiger partial charge in [-0.05, 0) is 14.0 Å². The molecule has 1 amide bonds. The van der Waals surface area contributed by atoms with E-state index in [1.807, 2.05) is 6.92 Å². The summed E-state index contributed by atoms with van der Waals surface area (Å²) in [5.74, 6) is -0.00273. The molecule has 2 N–H and O–H groups in total. The van der Waals surface area contributed by atoms with Gasteiger partial charge in [-0.15, -0.1) is 0 Å². The van der Waals surface area contributed by atoms with Gasteiger partial charge in [-0.2, -0.15) is 0 Å². The van der Waals surface area contributed by atoms with Gasteiger partial charge >= 0.3 is 0 Å². The minimum atomic E-state index is -0.00273. The van der Waals surface area contributed by atoms with Crippen LogP contribution in [0.3, 0.4) is 0 Å². The number of carbonyl (C=O) groups excluding carboxylic acids is 1. The zero-order valence-electron chi connectivity index (χ0n) is 7.31. The maximum absolute atomic E-state index is 10.9. The predicted molar refractivity (Wildman–Crippen MR) is 43.4 cm³/mol. The van der Waals surface area contributed by atoms with E-state index >= 15 is 0 Å². The van der Waals surface area contributed by atoms with E-state index in [1.54, 1.807) is 14.2 Å². The molecule has 0 aliphatic carbocycles. The van der Waals surface area contributed by atoms with E-state index in [9.17, 15) is 4.79 Å². The molecule has 0 aliphatic rings. The normalized spacial score (nSPS) is 12.6. The lowest BCUT2D eigenvalue weighted by Crippen LogP contribution is -2.40. The van der Waals surface area contributed by atoms with Crippen LogP contribution in [0.4, 0.5) is 0 Å². The molecule has 0 fully saturated rings. The van der Waals surface area contributed by atoms with Crippen molar-refractivity contribution in [3.05, 3.63) is 0 Å². The van der Waals surface area contributed by atoms with Crippen molar-refractivity contribution in [1.29, 1.82) is 0 Å². The molecule has 0 aliphatic heterocycles. The van der Waals surface area contributed by atoms with Gasteiger partial charge in [0, 0.05) is 13.2 Å². The second-order valence-electron chi connectivity index (χ2n) is 2.45. The topological polar surface area (TPSA) is 50.4 Å². The van der Waals surface area contributed by atoms with Crippen molar-refractivity contribution >= 4 is 5.91 Å². The highest BCUT2D eigenvalue weighted by Crippen LogP contribution is 1.80. The summed E-state index contributed by atoms with van der Waals surface area (Å²) in [7, 11) is 3.35. The summed E-state index contributed by atoms with van der Waals surface area (Å²) in [6.07, 6.45) is 0. The van der Waals surface area contributed by atoms with Gasteiger partial charge in [0.15, 0.2) is 0 Å². The van der Waals surface area contributed by atoms with Crippen LogP contribution in [0.5, 0.6) is 0 Å². The second-order valence-corrected chi connectivity index (χ2v) is 2.45. The fourth-order valence-corrected chi connectivity index (χ4v) is 0.778. The summed E-state index contributed by atoms with van der Waals surface area (Å²) in [6.45, 7) is 2.81. The number of ether oxygens (including phenoxy) is 1. The molecule has 0 heterocycles. The minimum absolute atomic E-state index is 0.00273. The molecule has 0 saturated carbocycles. The van der Waals surface area contributed by atoms with Crippen molar-refractivity contribution in [2.75, 3.05) is 27.3 Å². The summed E-state index contributed by atoms with van der Waals surface area (Å²) in [5.41, 5.74) is 0. The molecule has 0 saturated heterocycles. The number of rotatable bonds is 5. The lowest BCUT2D eigenvalue weighted by Gasteiger charge is -2.11. The number of methoxy groups -OCH3 is 1. The molecule has 0 radical (unpaired) electrons. The zero-order valence-corrected chi connectivity index (χ0v) is 7.31. The van der Waals surface area contributed by atoms with E-state index in [1.165, 1.54) is 0 Å². The van der Waals surface area contributed by atoms with Crippen LogP contribution in [-0.2, 0) is 9.53 Å². The van der Waals surface area contributed by atoms with Gasteiger partial charge in [0.2, 0.25) is 5.91 Å². The minimum Gasteiger partial charge on any atom is -0.383 e. The average molecular weight is 160 g/mol. The Bertz CT molecular complexity index is 117. The molecule has 0 rings (SSSR count). The summed E-state index contributed by atoms with van der Waals surface area (Å²) < 4.78 is 4.85. The molecule has 0 aromatic heterocycles. The fourth-order valence-electron chi connectivity index (χ4n) is 0.778. The lowest BCUT2D eigenvalue weighted by molar-refractivity contribution is -0.121. The van der Waals surface area contributed by atoms with Crippen LogP contribution in [0.15, 0.2) is 0 Å². The number of hydrogen-bond donors (Lipinski definition) is 2. The van der Waals surface area contributed by atoms with Gasteiger partial charge in [-0.25, -0.2) is 0 Å². The SMILES string of the molecule is CNCC(=O)N[C@@H](C)COC. The van der Waals surface area contributed by atoms with Crippen molar-refractivity contribution < 1.29 is 9.53 Å². The third kappa shape index (κ3) is 5.82. The molecule has 11 heavy (non-hydrogen) atoms. The van der Waals surface area contributed by atoms with E-state index < -0.39 is 0 Å².